The Balaban J connectivity index is 1.72. The summed E-state index contributed by atoms with van der Waals surface area (Å²) < 4.78 is 51.8. The van der Waals surface area contributed by atoms with Gasteiger partial charge in [0.25, 0.3) is 0 Å². The van der Waals surface area contributed by atoms with Crippen LogP contribution in [0.4, 0.5) is 23.8 Å². The molecule has 0 unspecified atom stereocenters. The van der Waals surface area contributed by atoms with Crippen molar-refractivity contribution in [2.75, 3.05) is 5.32 Å². The molecule has 3 aromatic rings. The lowest BCUT2D eigenvalue weighted by Gasteiger charge is -2.27. The van der Waals surface area contributed by atoms with Gasteiger partial charge in [0.2, 0.25) is 5.60 Å². The van der Waals surface area contributed by atoms with Gasteiger partial charge < -0.3 is 9.47 Å². The molecular formula is C23H23BrF3N3O3. The van der Waals surface area contributed by atoms with Gasteiger partial charge in [0.05, 0.1) is 6.54 Å². The summed E-state index contributed by atoms with van der Waals surface area (Å²) in [5, 5.41) is 6.54. The van der Waals surface area contributed by atoms with Gasteiger partial charge in [0, 0.05) is 21.8 Å². The molecule has 6 nitrogen and oxygen atoms in total. The number of anilines is 1. The minimum atomic E-state index is -4.70. The van der Waals surface area contributed by atoms with Crippen molar-refractivity contribution in [2.24, 2.45) is 0 Å². The number of aromatic nitrogens is 2. The van der Waals surface area contributed by atoms with Crippen LogP contribution in [0.15, 0.2) is 59.1 Å². The number of ether oxygens (including phenoxy) is 2. The second-order valence-electron chi connectivity index (χ2n) is 7.88. The minimum absolute atomic E-state index is 0.0808. The van der Waals surface area contributed by atoms with E-state index in [1.54, 1.807) is 17.7 Å². The Morgan fingerprint density at radius 1 is 1.12 bits per heavy atom. The number of benzene rings is 2. The SMILES string of the molecule is Cc1cc(NC(=O)OC(C)(C)C(F)(F)F)nn1Cc1cc(Br)ccc1OCc1ccccc1. The number of carbonyl (C=O) groups excluding carboxylic acids is 1. The fourth-order valence-corrected chi connectivity index (χ4v) is 3.27. The molecule has 3 rings (SSSR count). The second kappa shape index (κ2) is 9.86. The zero-order valence-corrected chi connectivity index (χ0v) is 19.8. The lowest BCUT2D eigenvalue weighted by Crippen LogP contribution is -2.44. The van der Waals surface area contributed by atoms with Gasteiger partial charge in [0.15, 0.2) is 5.82 Å². The summed E-state index contributed by atoms with van der Waals surface area (Å²) in [6, 6.07) is 16.9. The van der Waals surface area contributed by atoms with E-state index in [0.717, 1.165) is 29.4 Å². The molecular weight excluding hydrogens is 503 g/mol. The van der Waals surface area contributed by atoms with E-state index in [-0.39, 0.29) is 5.82 Å². The number of aryl methyl sites for hydroxylation is 1. The van der Waals surface area contributed by atoms with Gasteiger partial charge in [-0.05, 0) is 44.5 Å². The molecule has 0 saturated heterocycles. The van der Waals surface area contributed by atoms with Gasteiger partial charge in [-0.3, -0.25) is 10.00 Å². The highest BCUT2D eigenvalue weighted by Gasteiger charge is 2.51. The van der Waals surface area contributed by atoms with Crippen molar-refractivity contribution in [1.29, 1.82) is 0 Å². The monoisotopic (exact) mass is 525 g/mol. The maximum atomic E-state index is 12.9. The molecule has 0 aliphatic carbocycles. The van der Waals surface area contributed by atoms with Crippen molar-refractivity contribution < 1.29 is 27.4 Å². The number of hydrogen-bond donors (Lipinski definition) is 1. The van der Waals surface area contributed by atoms with Crippen LogP contribution in [-0.4, -0.2) is 27.7 Å². The zero-order valence-electron chi connectivity index (χ0n) is 18.2. The highest BCUT2D eigenvalue weighted by Crippen LogP contribution is 2.33. The second-order valence-corrected chi connectivity index (χ2v) is 8.79. The first-order valence-electron chi connectivity index (χ1n) is 10.0. The van der Waals surface area contributed by atoms with E-state index in [2.05, 4.69) is 31.1 Å². The molecule has 0 atom stereocenters. The Hall–Kier alpha value is -3.01. The molecule has 0 spiro atoms. The van der Waals surface area contributed by atoms with Crippen molar-refractivity contribution in [3.63, 3.8) is 0 Å². The smallest absolute Gasteiger partial charge is 0.427 e. The van der Waals surface area contributed by atoms with Crippen molar-refractivity contribution in [3.05, 3.63) is 75.9 Å². The Bertz CT molecular complexity index is 1120. The predicted molar refractivity (Wildman–Crippen MR) is 121 cm³/mol. The predicted octanol–water partition coefficient (Wildman–Crippen LogP) is 6.47. The summed E-state index contributed by atoms with van der Waals surface area (Å²) in [5.41, 5.74) is -0.0858. The molecule has 0 saturated carbocycles. The van der Waals surface area contributed by atoms with Gasteiger partial charge in [-0.1, -0.05) is 46.3 Å². The average molecular weight is 526 g/mol. The molecule has 0 radical (unpaired) electrons. The van der Waals surface area contributed by atoms with Crippen LogP contribution in [0.25, 0.3) is 0 Å². The molecule has 176 valence electrons. The van der Waals surface area contributed by atoms with Crippen LogP contribution in [0, 0.1) is 6.92 Å². The molecule has 1 N–H and O–H groups in total. The third kappa shape index (κ3) is 6.50. The molecule has 0 bridgehead atoms. The molecule has 33 heavy (non-hydrogen) atoms. The van der Waals surface area contributed by atoms with Gasteiger partial charge in [-0.2, -0.15) is 18.3 Å². The van der Waals surface area contributed by atoms with Gasteiger partial charge >= 0.3 is 12.3 Å². The van der Waals surface area contributed by atoms with E-state index in [1.807, 2.05) is 48.5 Å². The summed E-state index contributed by atoms with van der Waals surface area (Å²) in [5.74, 6) is 0.745. The van der Waals surface area contributed by atoms with Crippen LogP contribution in [0.2, 0.25) is 0 Å². The van der Waals surface area contributed by atoms with Gasteiger partial charge in [-0.15, -0.1) is 0 Å². The third-order valence-corrected chi connectivity index (χ3v) is 5.31. The van der Waals surface area contributed by atoms with E-state index in [0.29, 0.717) is 24.6 Å². The fourth-order valence-electron chi connectivity index (χ4n) is 2.86. The van der Waals surface area contributed by atoms with Crippen LogP contribution in [0.5, 0.6) is 5.75 Å². The van der Waals surface area contributed by atoms with E-state index < -0.39 is 17.9 Å². The lowest BCUT2D eigenvalue weighted by atomic mass is 10.1. The number of hydrogen-bond acceptors (Lipinski definition) is 4. The molecule has 0 aliphatic rings. The van der Waals surface area contributed by atoms with Gasteiger partial charge in [0.1, 0.15) is 12.4 Å². The van der Waals surface area contributed by atoms with E-state index in [9.17, 15) is 18.0 Å². The Morgan fingerprint density at radius 2 is 1.82 bits per heavy atom. The summed E-state index contributed by atoms with van der Waals surface area (Å²) >= 11 is 3.46. The summed E-state index contributed by atoms with van der Waals surface area (Å²) in [6.45, 7) is 4.04. The molecule has 0 fully saturated rings. The van der Waals surface area contributed by atoms with Crippen molar-refractivity contribution >= 4 is 27.8 Å². The Labute approximate surface area is 197 Å². The molecule has 10 heteroatoms. The fraction of sp³-hybridized carbons (Fsp3) is 0.304. The van der Waals surface area contributed by atoms with Crippen LogP contribution in [0.1, 0.15) is 30.7 Å². The number of alkyl halides is 3. The highest BCUT2D eigenvalue weighted by molar-refractivity contribution is 9.10. The average Bonchev–Trinajstić information content (AvgIpc) is 3.05. The number of carbonyl (C=O) groups is 1. The molecule has 0 aliphatic heterocycles. The van der Waals surface area contributed by atoms with Crippen LogP contribution in [0.3, 0.4) is 0 Å². The van der Waals surface area contributed by atoms with Crippen molar-refractivity contribution in [2.45, 2.75) is 45.7 Å². The van der Waals surface area contributed by atoms with Gasteiger partial charge in [-0.25, -0.2) is 4.79 Å². The topological polar surface area (TPSA) is 65.4 Å². The molecule has 1 aromatic heterocycles. The first kappa shape index (κ1) is 24.6. The summed E-state index contributed by atoms with van der Waals surface area (Å²) in [6.07, 6.45) is -5.94. The van der Waals surface area contributed by atoms with E-state index in [1.165, 1.54) is 0 Å². The number of nitrogens with one attached hydrogen (secondary N) is 1. The van der Waals surface area contributed by atoms with Crippen molar-refractivity contribution in [1.82, 2.24) is 9.78 Å². The van der Waals surface area contributed by atoms with E-state index in [4.69, 9.17) is 4.74 Å². The standard InChI is InChI=1S/C23H23BrF3N3O3/c1-15-11-20(28-21(31)33-22(2,3)23(25,26)27)29-30(15)13-17-12-18(24)9-10-19(17)32-14-16-7-5-4-6-8-16/h4-12H,13-14H2,1-3H3,(H,28,29,31). The number of halogens is 4. The van der Waals surface area contributed by atoms with Crippen LogP contribution in [-0.2, 0) is 17.9 Å². The van der Waals surface area contributed by atoms with Crippen LogP contribution >= 0.6 is 15.9 Å². The highest BCUT2D eigenvalue weighted by atomic mass is 79.9. The lowest BCUT2D eigenvalue weighted by molar-refractivity contribution is -0.242. The third-order valence-electron chi connectivity index (χ3n) is 4.82. The summed E-state index contributed by atoms with van der Waals surface area (Å²) in [7, 11) is 0. The van der Waals surface area contributed by atoms with Crippen molar-refractivity contribution in [3.8, 4) is 5.75 Å². The maximum absolute atomic E-state index is 12.9. The molecule has 2 aromatic carbocycles. The minimum Gasteiger partial charge on any atom is -0.489 e. The van der Waals surface area contributed by atoms with Crippen LogP contribution < -0.4 is 10.1 Å². The largest absolute Gasteiger partial charge is 0.489 e. The maximum Gasteiger partial charge on any atom is 0.427 e. The Kier molecular flexibility index (Phi) is 7.36. The molecule has 1 amide bonds. The van der Waals surface area contributed by atoms with E-state index >= 15 is 0 Å². The number of amides is 1. The normalized spacial score (nSPS) is 11.8. The molecule has 1 heterocycles. The quantitative estimate of drug-likeness (QED) is 0.383. The number of nitrogens with zero attached hydrogens (tertiary/aromatic N) is 2. The zero-order chi connectivity index (χ0) is 24.2. The number of rotatable bonds is 7. The Morgan fingerprint density at radius 3 is 2.48 bits per heavy atom. The first-order valence-corrected chi connectivity index (χ1v) is 10.8. The first-order chi connectivity index (χ1) is 15.4. The summed E-state index contributed by atoms with van der Waals surface area (Å²) in [4.78, 5) is 12.0.